The second kappa shape index (κ2) is 7.29. The van der Waals surface area contributed by atoms with Crippen molar-refractivity contribution in [3.05, 3.63) is 9.48 Å². The molecular formula is C9H14BrN5O2S. The summed E-state index contributed by atoms with van der Waals surface area (Å²) in [5, 5.41) is 4.08. The number of nitrogens with two attached hydrogens (primary N) is 2. The first-order chi connectivity index (χ1) is 8.60. The number of carbonyl (C=O) groups excluding carboxylic acids is 1. The molecule has 0 aliphatic rings. The zero-order valence-electron chi connectivity index (χ0n) is 9.77. The minimum Gasteiger partial charge on any atom is -0.395 e. The van der Waals surface area contributed by atoms with Crippen LogP contribution in [-0.2, 0) is 9.63 Å². The standard InChI is InChI=1S/C9H14BrN5O2S/c1-2-3-4-17-15-6(8(16)14-12)5-7(10)18-9(11)13-5/h2-4,12H2,1H3,(H2,11,13)(H,14,16). The Balaban J connectivity index is 2.91. The lowest BCUT2D eigenvalue weighted by Gasteiger charge is -2.03. The van der Waals surface area contributed by atoms with Gasteiger partial charge >= 0.3 is 0 Å². The molecule has 0 saturated heterocycles. The van der Waals surface area contributed by atoms with Crippen molar-refractivity contribution in [3.63, 3.8) is 0 Å². The van der Waals surface area contributed by atoms with E-state index in [4.69, 9.17) is 16.4 Å². The lowest BCUT2D eigenvalue weighted by atomic mass is 10.3. The average Bonchev–Trinajstić information content (AvgIpc) is 2.67. The second-order valence-corrected chi connectivity index (χ2v) is 5.62. The number of amides is 1. The molecule has 1 aromatic heterocycles. The van der Waals surface area contributed by atoms with E-state index in [1.807, 2.05) is 12.3 Å². The number of thiazole rings is 1. The van der Waals surface area contributed by atoms with Crippen LogP contribution in [0.2, 0.25) is 0 Å². The van der Waals surface area contributed by atoms with E-state index in [-0.39, 0.29) is 5.71 Å². The molecule has 1 heterocycles. The van der Waals surface area contributed by atoms with Crippen molar-refractivity contribution < 1.29 is 9.63 Å². The highest BCUT2D eigenvalue weighted by molar-refractivity contribution is 9.11. The van der Waals surface area contributed by atoms with Crippen molar-refractivity contribution in [1.29, 1.82) is 0 Å². The minimum absolute atomic E-state index is 0.00609. The largest absolute Gasteiger partial charge is 0.395 e. The third-order valence-electron chi connectivity index (χ3n) is 1.92. The van der Waals surface area contributed by atoms with Crippen LogP contribution in [0.15, 0.2) is 8.94 Å². The SMILES string of the molecule is CCCCON=C(C(=O)NN)c1nc(N)sc1Br. The number of aromatic nitrogens is 1. The monoisotopic (exact) mass is 335 g/mol. The van der Waals surface area contributed by atoms with E-state index < -0.39 is 5.91 Å². The zero-order valence-corrected chi connectivity index (χ0v) is 12.2. The van der Waals surface area contributed by atoms with Gasteiger partial charge in [0.2, 0.25) is 0 Å². The quantitative estimate of drug-likeness (QED) is 0.236. The molecule has 5 N–H and O–H groups in total. The highest BCUT2D eigenvalue weighted by Gasteiger charge is 2.21. The van der Waals surface area contributed by atoms with Gasteiger partial charge in [0.25, 0.3) is 5.91 Å². The smallest absolute Gasteiger partial charge is 0.289 e. The van der Waals surface area contributed by atoms with E-state index in [0.717, 1.165) is 12.8 Å². The Labute approximate surface area is 117 Å². The fraction of sp³-hybridized carbons (Fsp3) is 0.444. The lowest BCUT2D eigenvalue weighted by Crippen LogP contribution is -2.37. The summed E-state index contributed by atoms with van der Waals surface area (Å²) in [5.41, 5.74) is 7.86. The van der Waals surface area contributed by atoms with Gasteiger partial charge in [-0.1, -0.05) is 29.8 Å². The first-order valence-electron chi connectivity index (χ1n) is 5.23. The van der Waals surface area contributed by atoms with E-state index >= 15 is 0 Å². The van der Waals surface area contributed by atoms with Crippen molar-refractivity contribution in [2.45, 2.75) is 19.8 Å². The maximum Gasteiger partial charge on any atom is 0.289 e. The van der Waals surface area contributed by atoms with Gasteiger partial charge < -0.3 is 10.6 Å². The van der Waals surface area contributed by atoms with Crippen LogP contribution in [0.25, 0.3) is 0 Å². The van der Waals surface area contributed by atoms with Crippen molar-refractivity contribution in [1.82, 2.24) is 10.4 Å². The van der Waals surface area contributed by atoms with Gasteiger partial charge in [-0.05, 0) is 22.4 Å². The summed E-state index contributed by atoms with van der Waals surface area (Å²) < 4.78 is 0.599. The van der Waals surface area contributed by atoms with Crippen LogP contribution in [-0.4, -0.2) is 23.2 Å². The van der Waals surface area contributed by atoms with Gasteiger partial charge in [0.1, 0.15) is 16.1 Å². The molecule has 9 heteroatoms. The van der Waals surface area contributed by atoms with Crippen LogP contribution in [0.3, 0.4) is 0 Å². The summed E-state index contributed by atoms with van der Waals surface area (Å²) in [6, 6.07) is 0. The lowest BCUT2D eigenvalue weighted by molar-refractivity contribution is -0.115. The summed E-state index contributed by atoms with van der Waals surface area (Å²) in [5.74, 6) is 4.51. The van der Waals surface area contributed by atoms with Gasteiger partial charge in [-0.15, -0.1) is 0 Å². The van der Waals surface area contributed by atoms with Gasteiger partial charge in [0.05, 0.1) is 0 Å². The molecule has 0 spiro atoms. The zero-order chi connectivity index (χ0) is 13.5. The molecule has 0 aromatic carbocycles. The van der Waals surface area contributed by atoms with E-state index in [1.54, 1.807) is 0 Å². The first kappa shape index (κ1) is 14.9. The Morgan fingerprint density at radius 3 is 2.89 bits per heavy atom. The molecule has 0 fully saturated rings. The van der Waals surface area contributed by atoms with Crippen LogP contribution in [0.1, 0.15) is 25.5 Å². The molecule has 100 valence electrons. The first-order valence-corrected chi connectivity index (χ1v) is 6.84. The number of unbranched alkanes of at least 4 members (excludes halogenated alkanes) is 1. The fourth-order valence-corrected chi connectivity index (χ4v) is 2.38. The molecule has 7 nitrogen and oxygen atoms in total. The summed E-state index contributed by atoms with van der Waals surface area (Å²) >= 11 is 4.45. The topological polar surface area (TPSA) is 116 Å². The number of nitrogens with zero attached hydrogens (tertiary/aromatic N) is 2. The molecule has 1 amide bonds. The van der Waals surface area contributed by atoms with Crippen LogP contribution in [0.4, 0.5) is 5.13 Å². The number of oxime groups is 1. The molecule has 0 saturated carbocycles. The highest BCUT2D eigenvalue weighted by atomic mass is 79.9. The third kappa shape index (κ3) is 3.93. The molecular weight excluding hydrogens is 322 g/mol. The van der Waals surface area contributed by atoms with Gasteiger partial charge in [-0.2, -0.15) is 0 Å². The van der Waals surface area contributed by atoms with Crippen molar-refractivity contribution >= 4 is 44.0 Å². The van der Waals surface area contributed by atoms with Gasteiger partial charge in [0, 0.05) is 0 Å². The van der Waals surface area contributed by atoms with Crippen LogP contribution in [0, 0.1) is 0 Å². The van der Waals surface area contributed by atoms with E-state index in [2.05, 4.69) is 26.1 Å². The average molecular weight is 336 g/mol. The van der Waals surface area contributed by atoms with Crippen LogP contribution < -0.4 is 17.0 Å². The number of hydrazine groups is 1. The normalized spacial score (nSPS) is 11.4. The van der Waals surface area contributed by atoms with Crippen molar-refractivity contribution in [2.24, 2.45) is 11.0 Å². The van der Waals surface area contributed by atoms with Crippen LogP contribution >= 0.6 is 27.3 Å². The number of carbonyl (C=O) groups is 1. The van der Waals surface area contributed by atoms with Crippen molar-refractivity contribution in [3.8, 4) is 0 Å². The Bertz CT molecular complexity index is 448. The van der Waals surface area contributed by atoms with Gasteiger partial charge in [-0.25, -0.2) is 10.8 Å². The number of nitrogens with one attached hydrogen (secondary N) is 1. The molecule has 0 aliphatic carbocycles. The van der Waals surface area contributed by atoms with E-state index in [0.29, 0.717) is 21.2 Å². The Kier molecular flexibility index (Phi) is 6.02. The van der Waals surface area contributed by atoms with E-state index in [9.17, 15) is 4.79 Å². The Morgan fingerprint density at radius 2 is 2.39 bits per heavy atom. The van der Waals surface area contributed by atoms with Gasteiger partial charge in [-0.3, -0.25) is 10.2 Å². The Hall–Kier alpha value is -1.19. The molecule has 0 bridgehead atoms. The molecule has 0 unspecified atom stereocenters. The summed E-state index contributed by atoms with van der Waals surface area (Å²) in [6.45, 7) is 2.45. The molecule has 1 rings (SSSR count). The van der Waals surface area contributed by atoms with Crippen LogP contribution in [0.5, 0.6) is 0 Å². The predicted molar refractivity (Wildman–Crippen MR) is 74.0 cm³/mol. The molecule has 0 radical (unpaired) electrons. The third-order valence-corrected chi connectivity index (χ3v) is 3.45. The second-order valence-electron chi connectivity index (χ2n) is 3.27. The maximum atomic E-state index is 11.6. The molecule has 0 aliphatic heterocycles. The molecule has 1 aromatic rings. The number of rotatable bonds is 6. The van der Waals surface area contributed by atoms with Crippen molar-refractivity contribution in [2.75, 3.05) is 12.3 Å². The number of hydrogen-bond acceptors (Lipinski definition) is 7. The van der Waals surface area contributed by atoms with E-state index in [1.165, 1.54) is 11.3 Å². The number of halogens is 1. The number of anilines is 1. The number of nitrogen functional groups attached to an aromatic ring is 1. The molecule has 18 heavy (non-hydrogen) atoms. The maximum absolute atomic E-state index is 11.6. The Morgan fingerprint density at radius 1 is 1.67 bits per heavy atom. The summed E-state index contributed by atoms with van der Waals surface area (Å²) in [7, 11) is 0. The molecule has 0 atom stereocenters. The highest BCUT2D eigenvalue weighted by Crippen LogP contribution is 2.27. The minimum atomic E-state index is -0.586. The van der Waals surface area contributed by atoms with Gasteiger partial charge in [0.15, 0.2) is 10.8 Å². The summed E-state index contributed by atoms with van der Waals surface area (Å²) in [4.78, 5) is 20.6. The number of hydrogen-bond donors (Lipinski definition) is 3. The fourth-order valence-electron chi connectivity index (χ4n) is 1.04. The predicted octanol–water partition coefficient (Wildman–Crippen LogP) is 0.998. The summed E-state index contributed by atoms with van der Waals surface area (Å²) in [6.07, 6.45) is 1.82.